The van der Waals surface area contributed by atoms with Crippen LogP contribution in [0.2, 0.25) is 0 Å². The number of hydrogen-bond donors (Lipinski definition) is 0. The number of aromatic nitrogens is 2. The summed E-state index contributed by atoms with van der Waals surface area (Å²) in [5.74, 6) is 2.25. The van der Waals surface area contributed by atoms with Gasteiger partial charge >= 0.3 is 0 Å². The van der Waals surface area contributed by atoms with E-state index in [0.29, 0.717) is 5.88 Å². The van der Waals surface area contributed by atoms with Crippen molar-refractivity contribution in [3.05, 3.63) is 72.1 Å². The summed E-state index contributed by atoms with van der Waals surface area (Å²) in [6, 6.07) is 16.3. The van der Waals surface area contributed by atoms with Crippen LogP contribution in [0.5, 0.6) is 5.75 Å². The number of ether oxygens (including phenoxy) is 1. The average molecular weight is 345 g/mol. The van der Waals surface area contributed by atoms with Crippen LogP contribution in [-0.2, 0) is 11.6 Å². The molecule has 0 radical (unpaired) electrons. The van der Waals surface area contributed by atoms with E-state index in [1.165, 1.54) is 5.56 Å². The Morgan fingerprint density at radius 1 is 1.13 bits per heavy atom. The number of halogens is 1. The van der Waals surface area contributed by atoms with E-state index >= 15 is 0 Å². The van der Waals surface area contributed by atoms with Crippen LogP contribution in [0.15, 0.2) is 66.1 Å². The van der Waals surface area contributed by atoms with E-state index in [9.17, 15) is 0 Å². The van der Waals surface area contributed by atoms with E-state index < -0.39 is 0 Å². The fraction of sp³-hybridized carbons (Fsp3) is 0.167. The first-order valence-corrected chi connectivity index (χ1v) is 8.76. The highest BCUT2D eigenvalue weighted by Crippen LogP contribution is 2.25. The van der Waals surface area contributed by atoms with Crippen molar-refractivity contribution in [1.82, 2.24) is 9.55 Å². The molecule has 0 fully saturated rings. The molecule has 1 heterocycles. The molecule has 0 atom stereocenters. The van der Waals surface area contributed by atoms with Crippen LogP contribution in [0, 0.1) is 0 Å². The van der Waals surface area contributed by atoms with Crippen LogP contribution in [-0.4, -0.2) is 16.7 Å². The maximum Gasteiger partial charge on any atom is 0.172 e. The number of methoxy groups -OCH3 is 1. The summed E-state index contributed by atoms with van der Waals surface area (Å²) in [6.45, 7) is 0. The lowest BCUT2D eigenvalue weighted by atomic mass is 10.2. The zero-order valence-corrected chi connectivity index (χ0v) is 14.3. The Hall–Kier alpha value is -1.91. The summed E-state index contributed by atoms with van der Waals surface area (Å²) < 4.78 is 7.28. The third-order valence-electron chi connectivity index (χ3n) is 3.47. The van der Waals surface area contributed by atoms with Crippen molar-refractivity contribution in [3.8, 4) is 11.4 Å². The Morgan fingerprint density at radius 3 is 2.65 bits per heavy atom. The van der Waals surface area contributed by atoms with Gasteiger partial charge in [0.15, 0.2) is 5.16 Å². The van der Waals surface area contributed by atoms with Gasteiger partial charge in [0.2, 0.25) is 0 Å². The maximum atomic E-state index is 5.90. The second-order valence-electron chi connectivity index (χ2n) is 5.02. The molecule has 0 saturated carbocycles. The van der Waals surface area contributed by atoms with Gasteiger partial charge in [0.25, 0.3) is 0 Å². The highest BCUT2D eigenvalue weighted by molar-refractivity contribution is 7.98. The van der Waals surface area contributed by atoms with E-state index in [2.05, 4.69) is 21.7 Å². The Labute approximate surface area is 145 Å². The van der Waals surface area contributed by atoms with Crippen molar-refractivity contribution in [3.63, 3.8) is 0 Å². The Bertz CT molecular complexity index is 771. The molecule has 3 rings (SSSR count). The average Bonchev–Trinajstić information content (AvgIpc) is 3.09. The summed E-state index contributed by atoms with van der Waals surface area (Å²) >= 11 is 7.60. The van der Waals surface area contributed by atoms with Crippen LogP contribution in [0.1, 0.15) is 11.1 Å². The van der Waals surface area contributed by atoms with Gasteiger partial charge in [-0.2, -0.15) is 0 Å². The lowest BCUT2D eigenvalue weighted by molar-refractivity contribution is 0.414. The topological polar surface area (TPSA) is 27.1 Å². The van der Waals surface area contributed by atoms with Crippen LogP contribution >= 0.6 is 23.4 Å². The molecule has 0 amide bonds. The van der Waals surface area contributed by atoms with E-state index in [1.54, 1.807) is 18.9 Å². The molecule has 0 N–H and O–H groups in total. The van der Waals surface area contributed by atoms with Gasteiger partial charge in [0.05, 0.1) is 7.11 Å². The van der Waals surface area contributed by atoms with Gasteiger partial charge in [-0.25, -0.2) is 4.98 Å². The van der Waals surface area contributed by atoms with Gasteiger partial charge in [-0.1, -0.05) is 36.0 Å². The zero-order valence-electron chi connectivity index (χ0n) is 12.8. The van der Waals surface area contributed by atoms with Crippen LogP contribution < -0.4 is 4.74 Å². The summed E-state index contributed by atoms with van der Waals surface area (Å²) in [4.78, 5) is 4.46. The van der Waals surface area contributed by atoms with Crippen molar-refractivity contribution >= 4 is 23.4 Å². The number of imidazole rings is 1. The summed E-state index contributed by atoms with van der Waals surface area (Å²) in [6.07, 6.45) is 3.79. The second-order valence-corrected chi connectivity index (χ2v) is 6.23. The summed E-state index contributed by atoms with van der Waals surface area (Å²) in [5, 5.41) is 0.964. The highest BCUT2D eigenvalue weighted by atomic mass is 35.5. The monoisotopic (exact) mass is 344 g/mol. The van der Waals surface area contributed by atoms with E-state index in [-0.39, 0.29) is 0 Å². The first-order chi connectivity index (χ1) is 11.3. The maximum absolute atomic E-state index is 5.90. The fourth-order valence-electron chi connectivity index (χ4n) is 2.29. The largest absolute Gasteiger partial charge is 0.497 e. The van der Waals surface area contributed by atoms with Gasteiger partial charge in [-0.05, 0) is 35.4 Å². The molecule has 2 aromatic carbocycles. The minimum atomic E-state index is 0.541. The minimum Gasteiger partial charge on any atom is -0.497 e. The molecule has 0 unspecified atom stereocenters. The highest BCUT2D eigenvalue weighted by Gasteiger charge is 2.07. The molecule has 118 valence electrons. The Balaban J connectivity index is 1.75. The zero-order chi connectivity index (χ0) is 16.1. The molecule has 0 aliphatic carbocycles. The number of alkyl halides is 1. The minimum absolute atomic E-state index is 0.541. The van der Waals surface area contributed by atoms with Crippen LogP contribution in [0.25, 0.3) is 5.69 Å². The normalized spacial score (nSPS) is 10.7. The molecule has 5 heteroatoms. The molecular formula is C18H17ClN2OS. The molecule has 0 bridgehead atoms. The molecule has 23 heavy (non-hydrogen) atoms. The quantitative estimate of drug-likeness (QED) is 0.469. The fourth-order valence-corrected chi connectivity index (χ4v) is 3.37. The van der Waals surface area contributed by atoms with Gasteiger partial charge < -0.3 is 4.74 Å². The Morgan fingerprint density at radius 2 is 1.91 bits per heavy atom. The first kappa shape index (κ1) is 16.0. The molecule has 0 spiro atoms. The molecule has 3 nitrogen and oxygen atoms in total. The number of hydrogen-bond acceptors (Lipinski definition) is 3. The number of benzene rings is 2. The molecule has 0 aliphatic rings. The van der Waals surface area contributed by atoms with Gasteiger partial charge in [0.1, 0.15) is 5.75 Å². The number of thioether (sulfide) groups is 1. The lowest BCUT2D eigenvalue weighted by Gasteiger charge is -2.09. The lowest BCUT2D eigenvalue weighted by Crippen LogP contribution is -1.95. The molecule has 1 aromatic heterocycles. The molecular weight excluding hydrogens is 328 g/mol. The van der Waals surface area contributed by atoms with Crippen molar-refractivity contribution in [2.75, 3.05) is 7.11 Å². The van der Waals surface area contributed by atoms with Crippen LogP contribution in [0.3, 0.4) is 0 Å². The summed E-state index contributed by atoms with van der Waals surface area (Å²) in [7, 11) is 1.67. The van der Waals surface area contributed by atoms with Crippen LogP contribution in [0.4, 0.5) is 0 Å². The predicted molar refractivity (Wildman–Crippen MR) is 95.7 cm³/mol. The number of nitrogens with zero attached hydrogens (tertiary/aromatic N) is 2. The summed E-state index contributed by atoms with van der Waals surface area (Å²) in [5.41, 5.74) is 3.46. The van der Waals surface area contributed by atoms with Gasteiger partial charge in [0, 0.05) is 29.7 Å². The van der Waals surface area contributed by atoms with Crippen molar-refractivity contribution < 1.29 is 4.74 Å². The van der Waals surface area contributed by atoms with Gasteiger partial charge in [-0.15, -0.1) is 11.6 Å². The van der Waals surface area contributed by atoms with E-state index in [0.717, 1.165) is 27.9 Å². The van der Waals surface area contributed by atoms with E-state index in [4.69, 9.17) is 16.3 Å². The predicted octanol–water partition coefficient (Wildman–Crippen LogP) is 4.91. The standard InChI is InChI=1S/C18H17ClN2OS/c1-22-17-7-5-16(6-8-17)21-10-9-20-18(21)23-13-15-4-2-3-14(11-15)12-19/h2-11H,12-13H2,1H3. The molecule has 3 aromatic rings. The third kappa shape index (κ3) is 3.89. The van der Waals surface area contributed by atoms with Gasteiger partial charge in [-0.3, -0.25) is 4.57 Å². The van der Waals surface area contributed by atoms with Crippen molar-refractivity contribution in [2.45, 2.75) is 16.8 Å². The third-order valence-corrected chi connectivity index (χ3v) is 4.82. The second kappa shape index (κ2) is 7.57. The number of rotatable bonds is 6. The smallest absolute Gasteiger partial charge is 0.172 e. The van der Waals surface area contributed by atoms with Crippen molar-refractivity contribution in [2.24, 2.45) is 0 Å². The SMILES string of the molecule is COc1ccc(-n2ccnc2SCc2cccc(CCl)c2)cc1. The molecule has 0 aliphatic heterocycles. The Kier molecular flexibility index (Phi) is 5.26. The van der Waals surface area contributed by atoms with Crippen molar-refractivity contribution in [1.29, 1.82) is 0 Å². The molecule has 0 saturated heterocycles. The van der Waals surface area contributed by atoms with E-state index in [1.807, 2.05) is 48.8 Å². The first-order valence-electron chi connectivity index (χ1n) is 7.24.